The zero-order chi connectivity index (χ0) is 75.2. The summed E-state index contributed by atoms with van der Waals surface area (Å²) in [6, 6.07) is 0. The predicted molar refractivity (Wildman–Crippen MR) is 427 cm³/mol. The number of aliphatic hydroxyl groups is 2. The molecule has 5 unspecified atom stereocenters. The maximum Gasteiger partial charge on any atom is 0.472 e. The normalized spacial score (nSPS) is 14.4. The molecule has 5 atom stereocenters. The molecule has 16 nitrogen and oxygen atoms in total. The lowest BCUT2D eigenvalue weighted by Gasteiger charge is -2.21. The van der Waals surface area contributed by atoms with Gasteiger partial charge in [-0.1, -0.05) is 343 Å². The number of allylic oxidation sites excluding steroid dienone is 14. The van der Waals surface area contributed by atoms with Crippen LogP contribution in [0.15, 0.2) is 85.1 Å². The van der Waals surface area contributed by atoms with Crippen molar-refractivity contribution in [3.63, 3.8) is 0 Å². The maximum absolute atomic E-state index is 13.0. The molecule has 0 rings (SSSR count). The average molecular weight is 1490 g/mol. The van der Waals surface area contributed by atoms with Crippen molar-refractivity contribution in [2.75, 3.05) is 39.6 Å². The smallest absolute Gasteiger partial charge is 0.463 e. The number of carbonyl (C=O) groups excluding carboxylic acids is 3. The second kappa shape index (κ2) is 78.3. The molecule has 0 radical (unpaired) electrons. The molecule has 0 aromatic heterocycles. The number of carbonyl (C=O) groups is 3. The topological polar surface area (TPSA) is 231 Å². The largest absolute Gasteiger partial charge is 0.472 e. The Balaban J connectivity index is 4.42. The summed E-state index contributed by atoms with van der Waals surface area (Å²) in [5.41, 5.74) is 0. The molecule has 0 bridgehead atoms. The molecule has 0 aliphatic carbocycles. The number of unbranched alkanes of at least 4 members (excludes halogenated alkanes) is 43. The first-order chi connectivity index (χ1) is 50.2. The molecular formula is C85H154O16P2. The molecule has 0 saturated heterocycles. The van der Waals surface area contributed by atoms with E-state index in [9.17, 15) is 43.5 Å². The highest BCUT2D eigenvalue weighted by Crippen LogP contribution is 2.45. The Morgan fingerprint density at radius 1 is 0.272 bits per heavy atom. The van der Waals surface area contributed by atoms with Crippen molar-refractivity contribution < 1.29 is 75.8 Å². The lowest BCUT2D eigenvalue weighted by Crippen LogP contribution is -2.30. The molecular weight excluding hydrogens is 1340 g/mol. The monoisotopic (exact) mass is 1490 g/mol. The van der Waals surface area contributed by atoms with Gasteiger partial charge in [-0.05, 0) is 103 Å². The Labute approximate surface area is 629 Å². The summed E-state index contributed by atoms with van der Waals surface area (Å²) in [6.07, 6.45) is 89.2. The minimum Gasteiger partial charge on any atom is -0.463 e. The van der Waals surface area contributed by atoms with Crippen LogP contribution in [0, 0.1) is 0 Å². The number of rotatable bonds is 80. The molecule has 4 N–H and O–H groups in total. The van der Waals surface area contributed by atoms with Crippen molar-refractivity contribution in [1.29, 1.82) is 0 Å². The number of ether oxygens (including phenoxy) is 3. The second-order valence-corrected chi connectivity index (χ2v) is 31.2. The van der Waals surface area contributed by atoms with E-state index in [1.807, 2.05) is 0 Å². The van der Waals surface area contributed by atoms with E-state index < -0.39 is 91.5 Å². The highest BCUT2D eigenvalue weighted by Gasteiger charge is 2.29. The van der Waals surface area contributed by atoms with Gasteiger partial charge < -0.3 is 34.2 Å². The highest BCUT2D eigenvalue weighted by molar-refractivity contribution is 7.47. The minimum atomic E-state index is -4.93. The van der Waals surface area contributed by atoms with Crippen LogP contribution in [0.3, 0.4) is 0 Å². The summed E-state index contributed by atoms with van der Waals surface area (Å²) in [4.78, 5) is 58.7. The van der Waals surface area contributed by atoms with Gasteiger partial charge in [0.05, 0.1) is 26.4 Å². The quantitative estimate of drug-likeness (QED) is 0.0146. The molecule has 0 spiro atoms. The van der Waals surface area contributed by atoms with E-state index in [0.29, 0.717) is 19.3 Å². The molecule has 0 fully saturated rings. The van der Waals surface area contributed by atoms with Crippen LogP contribution in [0.1, 0.15) is 380 Å². The number of aliphatic hydroxyl groups excluding tert-OH is 2. The number of phosphoric acid groups is 2. The van der Waals surface area contributed by atoms with Crippen molar-refractivity contribution in [2.24, 2.45) is 0 Å². The fraction of sp³-hybridized carbons (Fsp3) is 0.800. The third kappa shape index (κ3) is 79.6. The molecule has 18 heteroatoms. The van der Waals surface area contributed by atoms with E-state index in [0.717, 1.165) is 122 Å². The summed E-state index contributed by atoms with van der Waals surface area (Å²) >= 11 is 0. The van der Waals surface area contributed by atoms with E-state index in [2.05, 4.69) is 106 Å². The number of hydrogen-bond donors (Lipinski definition) is 4. The van der Waals surface area contributed by atoms with E-state index in [-0.39, 0.29) is 19.3 Å². The zero-order valence-electron chi connectivity index (χ0n) is 65.7. The predicted octanol–water partition coefficient (Wildman–Crippen LogP) is 24.8. The molecule has 103 heavy (non-hydrogen) atoms. The van der Waals surface area contributed by atoms with Gasteiger partial charge in [-0.25, -0.2) is 9.13 Å². The van der Waals surface area contributed by atoms with Crippen LogP contribution in [-0.2, 0) is 55.8 Å². The van der Waals surface area contributed by atoms with E-state index in [1.54, 1.807) is 0 Å². The molecule has 0 aromatic carbocycles. The Hall–Kier alpha value is -3.27. The van der Waals surface area contributed by atoms with Gasteiger partial charge in [0.1, 0.15) is 25.4 Å². The van der Waals surface area contributed by atoms with Crippen LogP contribution < -0.4 is 0 Å². The Bertz CT molecular complexity index is 2210. The first-order valence-corrected chi connectivity index (χ1v) is 44.9. The fourth-order valence-corrected chi connectivity index (χ4v) is 13.3. The molecule has 0 saturated carbocycles. The van der Waals surface area contributed by atoms with Gasteiger partial charge in [0.25, 0.3) is 0 Å². The van der Waals surface area contributed by atoms with Gasteiger partial charge >= 0.3 is 33.6 Å². The second-order valence-electron chi connectivity index (χ2n) is 28.3. The van der Waals surface area contributed by atoms with Gasteiger partial charge in [0.2, 0.25) is 0 Å². The molecule has 0 aliphatic heterocycles. The lowest BCUT2D eigenvalue weighted by atomic mass is 10.0. The summed E-state index contributed by atoms with van der Waals surface area (Å²) in [7, 11) is -9.78. The minimum absolute atomic E-state index is 0.107. The summed E-state index contributed by atoms with van der Waals surface area (Å²) in [6.45, 7) is 2.68. The van der Waals surface area contributed by atoms with Crippen molar-refractivity contribution in [3.05, 3.63) is 85.1 Å². The SMILES string of the molecule is CCCCC/C=C\C/C=C\C/C=C\C/C=C\CCCCCCCCCCCCCCCCCCCC(=O)OCC(O)COP(=O)(O)OCC(O)COP(=O)(O)OCC(COC(=O)CCCCCCCC/C=C\C/C=C\C/C=C\CCCCC)OC(=O)CCCCCCCCCCCCCCCCC. The summed E-state index contributed by atoms with van der Waals surface area (Å²) in [5.74, 6) is -1.57. The van der Waals surface area contributed by atoms with Crippen molar-refractivity contribution in [1.82, 2.24) is 0 Å². The Morgan fingerprint density at radius 2 is 0.485 bits per heavy atom. The van der Waals surface area contributed by atoms with Gasteiger partial charge in [-0.3, -0.25) is 32.5 Å². The lowest BCUT2D eigenvalue weighted by molar-refractivity contribution is -0.161. The number of hydrogen-bond acceptors (Lipinski definition) is 14. The third-order valence-corrected chi connectivity index (χ3v) is 20.0. The molecule has 0 aliphatic rings. The molecule has 0 aromatic rings. The van der Waals surface area contributed by atoms with Crippen molar-refractivity contribution in [2.45, 2.75) is 399 Å². The average Bonchev–Trinajstić information content (AvgIpc) is 0.916. The standard InChI is InChI=1S/C85H154O16P2/c1-4-7-10-13-16-19-22-25-28-30-32-33-34-35-36-37-38-39-40-41-42-43-44-45-47-49-51-53-56-59-62-65-68-71-83(88)95-74-80(86)75-97-102(91,92)98-76-81(87)77-99-103(93,94)100-79-82(101-85(90)73-70-67-64-61-58-55-50-27-24-21-18-15-12-9-6-3)78-96-84(89)72-69-66-63-60-57-54-52-48-46-31-29-26-23-20-17-14-11-8-5-2/h16-17,19-20,25-26,28-29,32-33,35-36,46,48,80-82,86-87H,4-15,18,21-24,27,30-31,34,37-45,47,49-79H2,1-3H3,(H,91,92)(H,93,94)/b19-16-,20-17-,28-25-,29-26-,33-32-,36-35-,48-46-. The van der Waals surface area contributed by atoms with Gasteiger partial charge in [-0.2, -0.15) is 0 Å². The molecule has 0 heterocycles. The highest BCUT2D eigenvalue weighted by atomic mass is 31.2. The van der Waals surface area contributed by atoms with Crippen LogP contribution in [0.5, 0.6) is 0 Å². The summed E-state index contributed by atoms with van der Waals surface area (Å²) < 4.78 is 61.2. The Morgan fingerprint density at radius 3 is 0.786 bits per heavy atom. The van der Waals surface area contributed by atoms with E-state index >= 15 is 0 Å². The molecule has 600 valence electrons. The van der Waals surface area contributed by atoms with Crippen molar-refractivity contribution in [3.8, 4) is 0 Å². The Kier molecular flexibility index (Phi) is 75.8. The third-order valence-electron chi connectivity index (χ3n) is 18.1. The van der Waals surface area contributed by atoms with Gasteiger partial charge in [0, 0.05) is 19.3 Å². The fourth-order valence-electron chi connectivity index (χ4n) is 11.7. The number of phosphoric ester groups is 2. The van der Waals surface area contributed by atoms with Crippen LogP contribution in [0.2, 0.25) is 0 Å². The van der Waals surface area contributed by atoms with Crippen LogP contribution in [0.4, 0.5) is 0 Å². The van der Waals surface area contributed by atoms with Crippen LogP contribution in [0.25, 0.3) is 0 Å². The van der Waals surface area contributed by atoms with Crippen LogP contribution in [-0.4, -0.2) is 95.9 Å². The van der Waals surface area contributed by atoms with Gasteiger partial charge in [-0.15, -0.1) is 0 Å². The molecule has 0 amide bonds. The van der Waals surface area contributed by atoms with Gasteiger partial charge in [0.15, 0.2) is 6.10 Å². The van der Waals surface area contributed by atoms with E-state index in [4.69, 9.17) is 32.3 Å². The number of esters is 3. The first-order valence-electron chi connectivity index (χ1n) is 41.9. The van der Waals surface area contributed by atoms with E-state index in [1.165, 1.54) is 199 Å². The first kappa shape index (κ1) is 99.7. The van der Waals surface area contributed by atoms with Crippen LogP contribution >= 0.6 is 15.6 Å². The van der Waals surface area contributed by atoms with Crippen molar-refractivity contribution >= 4 is 33.6 Å². The maximum atomic E-state index is 13.0. The summed E-state index contributed by atoms with van der Waals surface area (Å²) in [5, 5.41) is 20.7. The zero-order valence-corrected chi connectivity index (χ0v) is 67.5.